The topological polar surface area (TPSA) is 70.5 Å². The highest BCUT2D eigenvalue weighted by Crippen LogP contribution is 2.29. The first-order chi connectivity index (χ1) is 9.96. The molecule has 0 amide bonds. The summed E-state index contributed by atoms with van der Waals surface area (Å²) in [6.07, 6.45) is 2.83. The van der Waals surface area contributed by atoms with E-state index in [1.807, 2.05) is 13.8 Å². The molecule has 2 rings (SSSR count). The Balaban J connectivity index is 2.35. The number of aliphatic hydroxyl groups excluding tert-OH is 1. The third kappa shape index (κ3) is 3.58. The maximum absolute atomic E-state index is 12.7. The molecule has 0 aromatic carbocycles. The highest BCUT2D eigenvalue weighted by atomic mass is 32.2. The molecule has 2 atom stereocenters. The van der Waals surface area contributed by atoms with Crippen LogP contribution in [-0.2, 0) is 10.0 Å². The molecule has 1 fully saturated rings. The van der Waals surface area contributed by atoms with E-state index >= 15 is 0 Å². The number of rotatable bonds is 2. The Bertz CT molecular complexity index is 664. The number of nitrogens with zero attached hydrogens (tertiary/aromatic N) is 2. The Morgan fingerprint density at radius 3 is 2.95 bits per heavy atom. The molecule has 114 valence electrons. The van der Waals surface area contributed by atoms with Crippen molar-refractivity contribution in [2.75, 3.05) is 18.9 Å². The Morgan fingerprint density at radius 2 is 2.24 bits per heavy atom. The largest absolute Gasteiger partial charge is 0.384 e. The molecule has 1 aliphatic heterocycles. The summed E-state index contributed by atoms with van der Waals surface area (Å²) in [6, 6.07) is 1.45. The fraction of sp³-hybridized carbons (Fsp3) is 0.500. The van der Waals surface area contributed by atoms with Gasteiger partial charge in [-0.05, 0) is 13.0 Å². The van der Waals surface area contributed by atoms with Crippen molar-refractivity contribution in [3.05, 3.63) is 24.0 Å². The molecule has 1 N–H and O–H groups in total. The van der Waals surface area contributed by atoms with E-state index in [-0.39, 0.29) is 22.8 Å². The molecule has 7 heteroatoms. The van der Waals surface area contributed by atoms with Gasteiger partial charge in [0.15, 0.2) is 0 Å². The second-order valence-corrected chi connectivity index (χ2v) is 8.18. The zero-order chi connectivity index (χ0) is 15.5. The normalized spacial score (nSPS) is 23.4. The lowest BCUT2D eigenvalue weighted by molar-refractivity contribution is 0.340. The molecular weight excluding hydrogens is 308 g/mol. The van der Waals surface area contributed by atoms with Gasteiger partial charge in [0.2, 0.25) is 10.0 Å². The lowest BCUT2D eigenvalue weighted by Gasteiger charge is -2.36. The molecule has 21 heavy (non-hydrogen) atoms. The van der Waals surface area contributed by atoms with Crippen LogP contribution in [-0.4, -0.2) is 53.0 Å². The third-order valence-corrected chi connectivity index (χ3v) is 6.75. The Hall–Kier alpha value is -1.07. The van der Waals surface area contributed by atoms with Gasteiger partial charge in [-0.3, -0.25) is 4.98 Å². The average Bonchev–Trinajstić information content (AvgIpc) is 2.48. The van der Waals surface area contributed by atoms with Crippen molar-refractivity contribution >= 4 is 21.8 Å². The van der Waals surface area contributed by atoms with Crippen LogP contribution in [0.1, 0.15) is 19.4 Å². The SMILES string of the molecule is CC1SCCN(S(=O)(=O)c2cncc(C#CCO)c2)C1C. The van der Waals surface area contributed by atoms with Crippen molar-refractivity contribution in [2.24, 2.45) is 0 Å². The van der Waals surface area contributed by atoms with Gasteiger partial charge < -0.3 is 5.11 Å². The first-order valence-corrected chi connectivity index (χ1v) is 9.14. The minimum absolute atomic E-state index is 0.0547. The van der Waals surface area contributed by atoms with E-state index in [9.17, 15) is 8.42 Å². The molecule has 0 aliphatic carbocycles. The molecule has 1 aliphatic rings. The molecule has 1 aromatic rings. The van der Waals surface area contributed by atoms with Gasteiger partial charge in [0.25, 0.3) is 0 Å². The maximum atomic E-state index is 12.7. The van der Waals surface area contributed by atoms with Gasteiger partial charge in [-0.1, -0.05) is 18.8 Å². The van der Waals surface area contributed by atoms with E-state index in [4.69, 9.17) is 5.11 Å². The number of pyridine rings is 1. The van der Waals surface area contributed by atoms with Crippen molar-refractivity contribution in [3.63, 3.8) is 0 Å². The van der Waals surface area contributed by atoms with Crippen molar-refractivity contribution in [1.29, 1.82) is 0 Å². The smallest absolute Gasteiger partial charge is 0.244 e. The first kappa shape index (κ1) is 16.3. The lowest BCUT2D eigenvalue weighted by Crippen LogP contribution is -2.47. The van der Waals surface area contributed by atoms with Gasteiger partial charge in [0, 0.05) is 41.5 Å². The van der Waals surface area contributed by atoms with Crippen molar-refractivity contribution in [3.8, 4) is 11.8 Å². The highest BCUT2D eigenvalue weighted by molar-refractivity contribution is 8.00. The molecule has 1 aromatic heterocycles. The second-order valence-electron chi connectivity index (χ2n) is 4.80. The summed E-state index contributed by atoms with van der Waals surface area (Å²) in [4.78, 5) is 4.10. The first-order valence-electron chi connectivity index (χ1n) is 6.65. The van der Waals surface area contributed by atoms with Gasteiger partial charge in [-0.15, -0.1) is 0 Å². The predicted molar refractivity (Wildman–Crippen MR) is 83.5 cm³/mol. The van der Waals surface area contributed by atoms with Crippen LogP contribution in [0, 0.1) is 11.8 Å². The Kier molecular flexibility index (Phi) is 5.27. The van der Waals surface area contributed by atoms with Gasteiger partial charge in [0.1, 0.15) is 11.5 Å². The molecule has 0 spiro atoms. The van der Waals surface area contributed by atoms with Crippen LogP contribution in [0.4, 0.5) is 0 Å². The third-order valence-electron chi connectivity index (χ3n) is 3.46. The van der Waals surface area contributed by atoms with Crippen LogP contribution in [0.2, 0.25) is 0 Å². The van der Waals surface area contributed by atoms with Gasteiger partial charge in [-0.25, -0.2) is 8.42 Å². The van der Waals surface area contributed by atoms with Crippen LogP contribution in [0.5, 0.6) is 0 Å². The van der Waals surface area contributed by atoms with Gasteiger partial charge >= 0.3 is 0 Å². The van der Waals surface area contributed by atoms with Crippen LogP contribution in [0.3, 0.4) is 0 Å². The molecule has 0 saturated carbocycles. The predicted octanol–water partition coefficient (Wildman–Crippen LogP) is 0.940. The summed E-state index contributed by atoms with van der Waals surface area (Å²) < 4.78 is 27.0. The molecule has 2 unspecified atom stereocenters. The molecule has 5 nitrogen and oxygen atoms in total. The number of aliphatic hydroxyl groups is 1. The van der Waals surface area contributed by atoms with E-state index in [1.54, 1.807) is 11.8 Å². The molecule has 2 heterocycles. The molecule has 0 bridgehead atoms. The lowest BCUT2D eigenvalue weighted by atomic mass is 10.2. The second kappa shape index (κ2) is 6.79. The van der Waals surface area contributed by atoms with Gasteiger partial charge in [-0.2, -0.15) is 16.1 Å². The summed E-state index contributed by atoms with van der Waals surface area (Å²) in [5.41, 5.74) is 0.484. The highest BCUT2D eigenvalue weighted by Gasteiger charge is 2.35. The monoisotopic (exact) mass is 326 g/mol. The average molecular weight is 326 g/mol. The quantitative estimate of drug-likeness (QED) is 0.819. The number of hydrogen-bond acceptors (Lipinski definition) is 5. The summed E-state index contributed by atoms with van der Waals surface area (Å²) in [6.45, 7) is 4.20. The summed E-state index contributed by atoms with van der Waals surface area (Å²) >= 11 is 1.78. The molecule has 1 saturated heterocycles. The number of hydrogen-bond donors (Lipinski definition) is 1. The molecular formula is C14H18N2O3S2. The fourth-order valence-electron chi connectivity index (χ4n) is 2.15. The van der Waals surface area contributed by atoms with Gasteiger partial charge in [0.05, 0.1) is 0 Å². The number of thioether (sulfide) groups is 1. The summed E-state index contributed by atoms with van der Waals surface area (Å²) in [7, 11) is -3.56. The van der Waals surface area contributed by atoms with E-state index in [0.29, 0.717) is 12.1 Å². The Morgan fingerprint density at radius 1 is 1.48 bits per heavy atom. The summed E-state index contributed by atoms with van der Waals surface area (Å²) in [5.74, 6) is 5.97. The van der Waals surface area contributed by atoms with Crippen LogP contribution < -0.4 is 0 Å². The minimum Gasteiger partial charge on any atom is -0.384 e. The van der Waals surface area contributed by atoms with Crippen molar-refractivity contribution in [1.82, 2.24) is 9.29 Å². The Labute approximate surface area is 129 Å². The zero-order valence-electron chi connectivity index (χ0n) is 12.0. The zero-order valence-corrected chi connectivity index (χ0v) is 13.6. The molecule has 0 radical (unpaired) electrons. The van der Waals surface area contributed by atoms with E-state index in [0.717, 1.165) is 5.75 Å². The number of aromatic nitrogens is 1. The van der Waals surface area contributed by atoms with Crippen LogP contribution in [0.25, 0.3) is 0 Å². The standard InChI is InChI=1S/C14H18N2O3S2/c1-11-12(2)20-7-5-16(11)21(18,19)14-8-13(4-3-6-17)9-15-10-14/h8-12,17H,5-7H2,1-2H3. The fourth-order valence-corrected chi connectivity index (χ4v) is 5.13. The van der Waals surface area contributed by atoms with E-state index < -0.39 is 10.0 Å². The minimum atomic E-state index is -3.56. The maximum Gasteiger partial charge on any atom is 0.244 e. The number of sulfonamides is 1. The van der Waals surface area contributed by atoms with Crippen LogP contribution >= 0.6 is 11.8 Å². The van der Waals surface area contributed by atoms with Crippen LogP contribution in [0.15, 0.2) is 23.4 Å². The van der Waals surface area contributed by atoms with E-state index in [2.05, 4.69) is 16.8 Å². The van der Waals surface area contributed by atoms with E-state index in [1.165, 1.54) is 22.8 Å². The van der Waals surface area contributed by atoms with Crippen molar-refractivity contribution < 1.29 is 13.5 Å². The summed E-state index contributed by atoms with van der Waals surface area (Å²) in [5, 5.41) is 8.96. The van der Waals surface area contributed by atoms with Crippen molar-refractivity contribution in [2.45, 2.75) is 30.0 Å².